The Balaban J connectivity index is 3.13. The van der Waals surface area contributed by atoms with Crippen molar-refractivity contribution < 1.29 is 14.6 Å². The normalized spacial score (nSPS) is 11.3. The van der Waals surface area contributed by atoms with Crippen LogP contribution >= 0.6 is 0 Å². The second kappa shape index (κ2) is 5.51. The molecule has 1 rings (SSSR count). The molecule has 1 N–H and O–H groups in total. The third-order valence-corrected chi connectivity index (χ3v) is 3.53. The zero-order chi connectivity index (χ0) is 14.8. The van der Waals surface area contributed by atoms with Gasteiger partial charge in [0.25, 0.3) is 0 Å². The highest BCUT2D eigenvalue weighted by molar-refractivity contribution is 5.70. The van der Waals surface area contributed by atoms with Crippen LogP contribution in [0.1, 0.15) is 31.4 Å². The van der Waals surface area contributed by atoms with Crippen LogP contribution in [0.2, 0.25) is 0 Å². The summed E-state index contributed by atoms with van der Waals surface area (Å²) in [4.78, 5) is 12.9. The van der Waals surface area contributed by atoms with E-state index in [0.29, 0.717) is 0 Å². The Labute approximate surface area is 115 Å². The molecule has 0 unspecified atom stereocenters. The predicted molar refractivity (Wildman–Crippen MR) is 77.2 cm³/mol. The van der Waals surface area contributed by atoms with Crippen LogP contribution in [0.3, 0.4) is 0 Å². The van der Waals surface area contributed by atoms with E-state index in [0.717, 1.165) is 22.6 Å². The van der Waals surface area contributed by atoms with Gasteiger partial charge in [0.2, 0.25) is 0 Å². The summed E-state index contributed by atoms with van der Waals surface area (Å²) in [6.07, 6.45) is 0.0909. The minimum atomic E-state index is -0.793. The first-order valence-electron chi connectivity index (χ1n) is 6.30. The van der Waals surface area contributed by atoms with Gasteiger partial charge in [-0.1, -0.05) is 0 Å². The van der Waals surface area contributed by atoms with Gasteiger partial charge in [0.05, 0.1) is 13.5 Å². The molecular formula is C15H23NO3. The van der Waals surface area contributed by atoms with Gasteiger partial charge >= 0.3 is 5.97 Å². The number of aliphatic carboxylic acids is 1. The highest BCUT2D eigenvalue weighted by Crippen LogP contribution is 2.32. The highest BCUT2D eigenvalue weighted by Gasteiger charge is 2.27. The maximum Gasteiger partial charge on any atom is 0.305 e. The Kier molecular flexibility index (Phi) is 4.45. The van der Waals surface area contributed by atoms with Crippen LogP contribution < -0.4 is 9.64 Å². The van der Waals surface area contributed by atoms with Gasteiger partial charge in [0, 0.05) is 18.3 Å². The van der Waals surface area contributed by atoms with Gasteiger partial charge in [0.1, 0.15) is 5.75 Å². The molecule has 0 saturated carbocycles. The first-order valence-corrected chi connectivity index (χ1v) is 6.30. The number of nitrogens with zero attached hydrogens (tertiary/aromatic N) is 1. The number of anilines is 1. The number of carboxylic acid groups (broad SMARTS) is 1. The lowest BCUT2D eigenvalue weighted by Crippen LogP contribution is -2.43. The van der Waals surface area contributed by atoms with Crippen LogP contribution in [0.4, 0.5) is 5.69 Å². The second-order valence-corrected chi connectivity index (χ2v) is 5.55. The molecule has 0 aliphatic heterocycles. The Morgan fingerprint density at radius 3 is 2.16 bits per heavy atom. The van der Waals surface area contributed by atoms with Crippen molar-refractivity contribution >= 4 is 11.7 Å². The van der Waals surface area contributed by atoms with Gasteiger partial charge in [-0.25, -0.2) is 0 Å². The van der Waals surface area contributed by atoms with E-state index in [1.54, 1.807) is 7.11 Å². The molecule has 1 aromatic carbocycles. The molecule has 4 heteroatoms. The minimum Gasteiger partial charge on any atom is -0.496 e. The lowest BCUT2D eigenvalue weighted by atomic mass is 9.97. The van der Waals surface area contributed by atoms with E-state index in [9.17, 15) is 4.79 Å². The summed E-state index contributed by atoms with van der Waals surface area (Å²) >= 11 is 0. The Morgan fingerprint density at radius 2 is 1.79 bits per heavy atom. The van der Waals surface area contributed by atoms with E-state index in [-0.39, 0.29) is 6.42 Å². The molecule has 0 heterocycles. The summed E-state index contributed by atoms with van der Waals surface area (Å²) in [6, 6.07) is 4.05. The summed E-state index contributed by atoms with van der Waals surface area (Å²) in [6.45, 7) is 7.84. The van der Waals surface area contributed by atoms with Crippen LogP contribution in [-0.2, 0) is 4.79 Å². The van der Waals surface area contributed by atoms with E-state index < -0.39 is 11.5 Å². The van der Waals surface area contributed by atoms with Crippen LogP contribution in [0.25, 0.3) is 0 Å². The van der Waals surface area contributed by atoms with Crippen LogP contribution in [0.15, 0.2) is 12.1 Å². The van der Waals surface area contributed by atoms with Gasteiger partial charge in [-0.2, -0.15) is 0 Å². The zero-order valence-electron chi connectivity index (χ0n) is 12.6. The molecule has 0 bridgehead atoms. The number of aryl methyl sites for hydroxylation is 2. The van der Waals surface area contributed by atoms with Crippen LogP contribution in [-0.4, -0.2) is 30.8 Å². The summed E-state index contributed by atoms with van der Waals surface area (Å²) < 4.78 is 5.35. The molecule has 0 amide bonds. The fraction of sp³-hybridized carbons (Fsp3) is 0.533. The lowest BCUT2D eigenvalue weighted by molar-refractivity contribution is -0.138. The molecule has 0 saturated heterocycles. The number of rotatable bonds is 5. The molecule has 19 heavy (non-hydrogen) atoms. The number of hydrogen-bond acceptors (Lipinski definition) is 3. The van der Waals surface area contributed by atoms with Gasteiger partial charge in [-0.05, 0) is 51.0 Å². The smallest absolute Gasteiger partial charge is 0.305 e. The van der Waals surface area contributed by atoms with E-state index in [1.807, 2.05) is 51.8 Å². The molecule has 0 spiro atoms. The first kappa shape index (κ1) is 15.3. The molecule has 0 aliphatic carbocycles. The van der Waals surface area contributed by atoms with Crippen molar-refractivity contribution in [3.8, 4) is 5.75 Å². The maximum absolute atomic E-state index is 10.9. The summed E-state index contributed by atoms with van der Waals surface area (Å²) in [5.74, 6) is 0.0898. The highest BCUT2D eigenvalue weighted by atomic mass is 16.5. The predicted octanol–water partition coefficient (Wildman–Crippen LogP) is 3.00. The van der Waals surface area contributed by atoms with E-state index in [4.69, 9.17) is 9.84 Å². The van der Waals surface area contributed by atoms with Gasteiger partial charge in [0.15, 0.2) is 0 Å². The Morgan fingerprint density at radius 1 is 1.32 bits per heavy atom. The molecule has 1 aromatic rings. The molecular weight excluding hydrogens is 242 g/mol. The Bertz CT molecular complexity index is 457. The zero-order valence-corrected chi connectivity index (χ0v) is 12.6. The van der Waals surface area contributed by atoms with E-state index in [1.165, 1.54) is 0 Å². The number of ether oxygens (including phenoxy) is 1. The van der Waals surface area contributed by atoms with Crippen molar-refractivity contribution in [1.29, 1.82) is 0 Å². The monoisotopic (exact) mass is 265 g/mol. The molecule has 0 aliphatic rings. The van der Waals surface area contributed by atoms with E-state index >= 15 is 0 Å². The molecule has 0 fully saturated rings. The second-order valence-electron chi connectivity index (χ2n) is 5.55. The van der Waals surface area contributed by atoms with Gasteiger partial charge in [-0.15, -0.1) is 0 Å². The fourth-order valence-electron chi connectivity index (χ4n) is 2.28. The minimum absolute atomic E-state index is 0.0909. The maximum atomic E-state index is 10.9. The quantitative estimate of drug-likeness (QED) is 0.889. The van der Waals surface area contributed by atoms with Crippen molar-refractivity contribution in [2.75, 3.05) is 19.1 Å². The number of carbonyl (C=O) groups is 1. The lowest BCUT2D eigenvalue weighted by Gasteiger charge is -2.37. The van der Waals surface area contributed by atoms with Crippen molar-refractivity contribution in [3.05, 3.63) is 23.3 Å². The largest absolute Gasteiger partial charge is 0.496 e. The summed E-state index contributed by atoms with van der Waals surface area (Å²) in [5, 5.41) is 8.99. The third-order valence-electron chi connectivity index (χ3n) is 3.53. The van der Waals surface area contributed by atoms with Gasteiger partial charge < -0.3 is 14.7 Å². The van der Waals surface area contributed by atoms with Crippen molar-refractivity contribution in [3.63, 3.8) is 0 Å². The first-order chi connectivity index (χ1) is 8.69. The number of methoxy groups -OCH3 is 1. The SMILES string of the molecule is COc1c(C)cc(N(C)C(C)(C)CC(=O)O)cc1C. The van der Waals surface area contributed by atoms with Crippen molar-refractivity contribution in [2.24, 2.45) is 0 Å². The van der Waals surface area contributed by atoms with Crippen LogP contribution in [0, 0.1) is 13.8 Å². The standard InChI is InChI=1S/C15H23NO3/c1-10-7-12(8-11(2)14(10)19-6)16(5)15(3,4)9-13(17)18/h7-8H,9H2,1-6H3,(H,17,18). The average Bonchev–Trinajstić information content (AvgIpc) is 2.25. The van der Waals surface area contributed by atoms with Gasteiger partial charge in [-0.3, -0.25) is 4.79 Å². The van der Waals surface area contributed by atoms with E-state index in [2.05, 4.69) is 0 Å². The fourth-order valence-corrected chi connectivity index (χ4v) is 2.28. The number of carboxylic acids is 1. The topological polar surface area (TPSA) is 49.8 Å². The molecule has 106 valence electrons. The molecule has 0 aromatic heterocycles. The Hall–Kier alpha value is -1.71. The van der Waals surface area contributed by atoms with Crippen LogP contribution in [0.5, 0.6) is 5.75 Å². The molecule has 4 nitrogen and oxygen atoms in total. The summed E-state index contributed by atoms with van der Waals surface area (Å²) in [7, 11) is 3.58. The third kappa shape index (κ3) is 3.40. The van der Waals surface area contributed by atoms with Crippen molar-refractivity contribution in [2.45, 2.75) is 39.7 Å². The van der Waals surface area contributed by atoms with Crippen molar-refractivity contribution in [1.82, 2.24) is 0 Å². The average molecular weight is 265 g/mol. The molecule has 0 radical (unpaired) electrons. The molecule has 0 atom stereocenters. The number of hydrogen-bond donors (Lipinski definition) is 1. The number of benzene rings is 1. The summed E-state index contributed by atoms with van der Waals surface area (Å²) in [5.41, 5.74) is 2.66.